The average Bonchev–Trinajstić information content (AvgIpc) is 3.40. The summed E-state index contributed by atoms with van der Waals surface area (Å²) in [5.41, 5.74) is 2.54. The predicted molar refractivity (Wildman–Crippen MR) is 132 cm³/mol. The van der Waals surface area contributed by atoms with Crippen LogP contribution >= 0.6 is 34.5 Å². The molecule has 0 bridgehead atoms. The molecule has 6 nitrogen and oxygen atoms in total. The summed E-state index contributed by atoms with van der Waals surface area (Å²) in [7, 11) is 0. The number of halogens is 2. The molecule has 0 saturated heterocycles. The quantitative estimate of drug-likeness (QED) is 0.349. The summed E-state index contributed by atoms with van der Waals surface area (Å²) >= 11 is 13.8. The topological polar surface area (TPSA) is 80.7 Å². The Morgan fingerprint density at radius 1 is 1.18 bits per heavy atom. The van der Waals surface area contributed by atoms with E-state index in [0.717, 1.165) is 28.1 Å². The lowest BCUT2D eigenvalue weighted by molar-refractivity contribution is -0.141. The molecular weight excluding hydrogens is 483 g/mol. The number of ether oxygens (including phenoxy) is 2. The van der Waals surface area contributed by atoms with Gasteiger partial charge in [-0.05, 0) is 42.5 Å². The second kappa shape index (κ2) is 10.2. The third-order valence-electron chi connectivity index (χ3n) is 5.28. The maximum atomic E-state index is 12.0. The van der Waals surface area contributed by atoms with Crippen LogP contribution < -0.4 is 14.8 Å². The van der Waals surface area contributed by atoms with Crippen LogP contribution in [0.3, 0.4) is 0 Å². The van der Waals surface area contributed by atoms with Crippen LogP contribution in [-0.4, -0.2) is 29.4 Å². The van der Waals surface area contributed by atoms with Gasteiger partial charge in [0.25, 0.3) is 0 Å². The van der Waals surface area contributed by atoms with E-state index in [2.05, 4.69) is 19.2 Å². The standard InChI is InChI=1S/C24H24Cl2N2O4S/c1-13(2)8-20-21(14-6-7-17(25)18(26)10-14)28-24(33-20)27-11-16(23(29)30)9-15-4-3-5-19-22(15)32-12-31-19/h3-7,10,13,16H,8-9,11-12H2,1-2H3,(H,27,28)(H,29,30). The van der Waals surface area contributed by atoms with Crippen LogP contribution in [0, 0.1) is 11.8 Å². The highest BCUT2D eigenvalue weighted by Crippen LogP contribution is 2.38. The Labute approximate surface area is 206 Å². The summed E-state index contributed by atoms with van der Waals surface area (Å²) in [6, 6.07) is 11.0. The van der Waals surface area contributed by atoms with Crippen molar-refractivity contribution in [2.24, 2.45) is 11.8 Å². The molecule has 174 valence electrons. The van der Waals surface area contributed by atoms with E-state index < -0.39 is 11.9 Å². The lowest BCUT2D eigenvalue weighted by Gasteiger charge is -2.14. The fourth-order valence-corrected chi connectivity index (χ4v) is 5.18. The molecule has 0 fully saturated rings. The maximum Gasteiger partial charge on any atom is 0.308 e. The summed E-state index contributed by atoms with van der Waals surface area (Å²) in [4.78, 5) is 17.9. The Kier molecular flexibility index (Phi) is 7.32. The number of thiazole rings is 1. The summed E-state index contributed by atoms with van der Waals surface area (Å²) in [5.74, 6) is 0.163. The molecule has 0 aliphatic carbocycles. The van der Waals surface area contributed by atoms with Crippen molar-refractivity contribution in [3.05, 3.63) is 56.9 Å². The van der Waals surface area contributed by atoms with Crippen LogP contribution in [0.5, 0.6) is 11.5 Å². The Morgan fingerprint density at radius 2 is 2.00 bits per heavy atom. The van der Waals surface area contributed by atoms with E-state index in [1.807, 2.05) is 30.3 Å². The molecule has 2 aromatic carbocycles. The number of hydrogen-bond acceptors (Lipinski definition) is 6. The van der Waals surface area contributed by atoms with Gasteiger partial charge in [0.05, 0.1) is 21.7 Å². The van der Waals surface area contributed by atoms with Gasteiger partial charge < -0.3 is 19.9 Å². The van der Waals surface area contributed by atoms with E-state index >= 15 is 0 Å². The van der Waals surface area contributed by atoms with Crippen LogP contribution in [0.2, 0.25) is 10.0 Å². The number of carbonyl (C=O) groups is 1. The number of anilines is 1. The Morgan fingerprint density at radius 3 is 2.73 bits per heavy atom. The fraction of sp³-hybridized carbons (Fsp3) is 0.333. The van der Waals surface area contributed by atoms with Crippen molar-refractivity contribution in [2.75, 3.05) is 18.7 Å². The lowest BCUT2D eigenvalue weighted by Crippen LogP contribution is -2.25. The van der Waals surface area contributed by atoms with Gasteiger partial charge >= 0.3 is 5.97 Å². The minimum atomic E-state index is -0.886. The van der Waals surface area contributed by atoms with Gasteiger partial charge in [0.1, 0.15) is 0 Å². The van der Waals surface area contributed by atoms with Crippen molar-refractivity contribution >= 4 is 45.6 Å². The molecule has 0 saturated carbocycles. The van der Waals surface area contributed by atoms with Crippen molar-refractivity contribution in [1.82, 2.24) is 4.98 Å². The minimum absolute atomic E-state index is 0.150. The number of nitrogens with one attached hydrogen (secondary N) is 1. The van der Waals surface area contributed by atoms with Crippen LogP contribution in [0.1, 0.15) is 24.3 Å². The van der Waals surface area contributed by atoms with Crippen LogP contribution in [0.15, 0.2) is 36.4 Å². The monoisotopic (exact) mass is 506 g/mol. The van der Waals surface area contributed by atoms with E-state index in [1.54, 1.807) is 6.07 Å². The number of para-hydroxylation sites is 1. The first-order valence-corrected chi connectivity index (χ1v) is 12.2. The van der Waals surface area contributed by atoms with E-state index in [9.17, 15) is 9.90 Å². The van der Waals surface area contributed by atoms with Gasteiger partial charge in [-0.1, -0.05) is 55.2 Å². The molecule has 1 atom stereocenters. The van der Waals surface area contributed by atoms with E-state index in [-0.39, 0.29) is 13.3 Å². The van der Waals surface area contributed by atoms with E-state index in [1.165, 1.54) is 11.3 Å². The number of benzene rings is 2. The summed E-state index contributed by atoms with van der Waals surface area (Å²) in [5, 5.41) is 14.7. The molecule has 0 amide bonds. The highest BCUT2D eigenvalue weighted by atomic mass is 35.5. The van der Waals surface area contributed by atoms with Gasteiger partial charge in [0.15, 0.2) is 16.6 Å². The van der Waals surface area contributed by atoms with Crippen molar-refractivity contribution in [3.8, 4) is 22.8 Å². The minimum Gasteiger partial charge on any atom is -0.481 e. The first-order chi connectivity index (χ1) is 15.8. The third kappa shape index (κ3) is 5.54. The predicted octanol–water partition coefficient (Wildman–Crippen LogP) is 6.40. The van der Waals surface area contributed by atoms with E-state index in [0.29, 0.717) is 39.0 Å². The van der Waals surface area contributed by atoms with Crippen LogP contribution in [-0.2, 0) is 17.6 Å². The summed E-state index contributed by atoms with van der Waals surface area (Å²) in [6.07, 6.45) is 1.17. The number of rotatable bonds is 9. The Bertz CT molecular complexity index is 1170. The Balaban J connectivity index is 1.54. The van der Waals surface area contributed by atoms with Crippen LogP contribution in [0.25, 0.3) is 11.3 Å². The second-order valence-electron chi connectivity index (χ2n) is 8.29. The smallest absolute Gasteiger partial charge is 0.308 e. The number of hydrogen-bond donors (Lipinski definition) is 2. The molecule has 1 unspecified atom stereocenters. The molecule has 0 radical (unpaired) electrons. The molecule has 2 N–H and O–H groups in total. The van der Waals surface area contributed by atoms with Gasteiger partial charge in [-0.25, -0.2) is 4.98 Å². The number of carboxylic acids is 1. The van der Waals surface area contributed by atoms with E-state index in [4.69, 9.17) is 37.7 Å². The van der Waals surface area contributed by atoms with Gasteiger partial charge in [0.2, 0.25) is 6.79 Å². The number of nitrogens with zero attached hydrogens (tertiary/aromatic N) is 1. The molecule has 2 heterocycles. The van der Waals surface area contributed by atoms with Gasteiger partial charge in [-0.15, -0.1) is 11.3 Å². The molecular formula is C24H24Cl2N2O4S. The number of fused-ring (bicyclic) bond motifs is 1. The van der Waals surface area contributed by atoms with Gasteiger partial charge in [-0.2, -0.15) is 0 Å². The molecule has 1 aromatic heterocycles. The van der Waals surface area contributed by atoms with Crippen molar-refractivity contribution in [3.63, 3.8) is 0 Å². The normalized spacial score (nSPS) is 13.4. The number of aliphatic carboxylic acids is 1. The highest BCUT2D eigenvalue weighted by molar-refractivity contribution is 7.16. The zero-order valence-corrected chi connectivity index (χ0v) is 20.6. The molecule has 1 aliphatic heterocycles. The zero-order chi connectivity index (χ0) is 23.5. The molecule has 3 aromatic rings. The Hall–Kier alpha value is -2.48. The first-order valence-electron chi connectivity index (χ1n) is 10.6. The molecule has 9 heteroatoms. The molecule has 33 heavy (non-hydrogen) atoms. The third-order valence-corrected chi connectivity index (χ3v) is 7.05. The molecule has 4 rings (SSSR count). The van der Waals surface area contributed by atoms with Gasteiger partial charge in [0, 0.05) is 17.0 Å². The second-order valence-corrected chi connectivity index (χ2v) is 10.2. The number of aromatic nitrogens is 1. The SMILES string of the molecule is CC(C)Cc1sc(NCC(Cc2cccc3c2OCO3)C(=O)O)nc1-c1ccc(Cl)c(Cl)c1. The fourth-order valence-electron chi connectivity index (χ4n) is 3.68. The van der Waals surface area contributed by atoms with Crippen molar-refractivity contribution in [1.29, 1.82) is 0 Å². The maximum absolute atomic E-state index is 12.0. The van der Waals surface area contributed by atoms with Crippen LogP contribution in [0.4, 0.5) is 5.13 Å². The first kappa shape index (κ1) is 23.7. The largest absolute Gasteiger partial charge is 0.481 e. The lowest BCUT2D eigenvalue weighted by atomic mass is 9.98. The van der Waals surface area contributed by atoms with Gasteiger partial charge in [-0.3, -0.25) is 4.79 Å². The highest BCUT2D eigenvalue weighted by Gasteiger charge is 2.24. The zero-order valence-electron chi connectivity index (χ0n) is 18.2. The summed E-state index contributed by atoms with van der Waals surface area (Å²) < 4.78 is 10.9. The molecule has 1 aliphatic rings. The average molecular weight is 507 g/mol. The van der Waals surface area contributed by atoms with Crippen molar-refractivity contribution in [2.45, 2.75) is 26.7 Å². The van der Waals surface area contributed by atoms with Crippen molar-refractivity contribution < 1.29 is 19.4 Å². The number of carboxylic acid groups (broad SMARTS) is 1. The summed E-state index contributed by atoms with van der Waals surface area (Å²) in [6.45, 7) is 4.68. The molecule has 0 spiro atoms.